The number of likely N-dealkylation sites (tertiary alicyclic amines) is 2. The average Bonchev–Trinajstić information content (AvgIpc) is 3.99. The van der Waals surface area contributed by atoms with E-state index in [2.05, 4.69) is 75.7 Å². The van der Waals surface area contributed by atoms with Crippen LogP contribution >= 0.6 is 0 Å². The van der Waals surface area contributed by atoms with E-state index in [1.165, 1.54) is 0 Å². The Morgan fingerprint density at radius 1 is 0.694 bits per heavy atom. The third kappa shape index (κ3) is 5.92. The van der Waals surface area contributed by atoms with Crippen molar-refractivity contribution < 1.29 is 4.74 Å². The van der Waals surface area contributed by atoms with E-state index in [-0.39, 0.29) is 11.8 Å². The number of nitrogens with zero attached hydrogens (tertiary/aromatic N) is 10. The van der Waals surface area contributed by atoms with Gasteiger partial charge in [0.25, 0.3) is 0 Å². The normalized spacial score (nSPS) is 17.3. The quantitative estimate of drug-likeness (QED) is 0.211. The van der Waals surface area contributed by atoms with Gasteiger partial charge in [-0.05, 0) is 48.7 Å². The van der Waals surface area contributed by atoms with Crippen LogP contribution in [0.25, 0.3) is 55.5 Å². The van der Waals surface area contributed by atoms with Crippen molar-refractivity contribution in [2.24, 2.45) is 0 Å². The van der Waals surface area contributed by atoms with E-state index in [9.17, 15) is 0 Å². The number of nitriles is 2. The molecule has 2 unspecified atom stereocenters. The first-order valence-electron chi connectivity index (χ1n) is 16.0. The highest BCUT2D eigenvalue weighted by Gasteiger charge is 2.27. The highest BCUT2D eigenvalue weighted by molar-refractivity contribution is 5.86. The van der Waals surface area contributed by atoms with Gasteiger partial charge in [0.15, 0.2) is 23.7 Å². The van der Waals surface area contributed by atoms with E-state index in [0.717, 1.165) is 94.0 Å². The minimum atomic E-state index is 0.255. The van der Waals surface area contributed by atoms with Gasteiger partial charge in [0.2, 0.25) is 5.88 Å². The van der Waals surface area contributed by atoms with Gasteiger partial charge >= 0.3 is 0 Å². The van der Waals surface area contributed by atoms with Gasteiger partial charge in [0.1, 0.15) is 11.6 Å². The molecule has 0 spiro atoms. The number of hydrogen-bond donors (Lipinski definition) is 3. The number of imidazole rings is 2. The molecule has 14 heteroatoms. The summed E-state index contributed by atoms with van der Waals surface area (Å²) in [5.41, 5.74) is 8.33. The largest absolute Gasteiger partial charge is 0.481 e. The maximum absolute atomic E-state index is 9.02. The van der Waals surface area contributed by atoms with Crippen molar-refractivity contribution in [2.75, 3.05) is 33.3 Å². The van der Waals surface area contributed by atoms with Gasteiger partial charge in [-0.2, -0.15) is 15.6 Å². The second-order valence-corrected chi connectivity index (χ2v) is 12.3. The van der Waals surface area contributed by atoms with Crippen LogP contribution < -0.4 is 4.74 Å². The van der Waals surface area contributed by atoms with Crippen molar-refractivity contribution in [3.05, 3.63) is 78.9 Å². The number of aromatic amines is 3. The number of H-pyrrole nitrogens is 3. The Kier molecular flexibility index (Phi) is 7.66. The molecule has 9 rings (SSSR count). The Bertz CT molecular complexity index is 2360. The lowest BCUT2D eigenvalue weighted by atomic mass is 10.1. The zero-order valence-corrected chi connectivity index (χ0v) is 26.6. The summed E-state index contributed by atoms with van der Waals surface area (Å²) in [4.78, 5) is 32.7. The van der Waals surface area contributed by atoms with Gasteiger partial charge in [-0.1, -0.05) is 6.07 Å². The molecule has 49 heavy (non-hydrogen) atoms. The number of nitrogens with one attached hydrogen (secondary N) is 3. The zero-order valence-electron chi connectivity index (χ0n) is 26.6. The van der Waals surface area contributed by atoms with Crippen LogP contribution in [0.4, 0.5) is 0 Å². The molecule has 2 aliphatic heterocycles. The van der Waals surface area contributed by atoms with Crippen molar-refractivity contribution in [3.63, 3.8) is 0 Å². The number of benzene rings is 1. The molecule has 242 valence electrons. The molecule has 2 fully saturated rings. The van der Waals surface area contributed by atoms with Crippen molar-refractivity contribution in [1.29, 1.82) is 10.5 Å². The molecular formula is C35H31N13O. The SMILES string of the molecule is COc1ccc(-c2cnc3nc(C4CCN(C#N)C4)[nH]c3c2)cn1.N#CN1CCC(c2nc3ncc(-c4ccc5[nH]ncc5c4)cc3[nH]2)C1. The molecule has 0 saturated carbocycles. The summed E-state index contributed by atoms with van der Waals surface area (Å²) >= 11 is 0. The second kappa shape index (κ2) is 12.6. The predicted octanol–water partition coefficient (Wildman–Crippen LogP) is 5.07. The highest BCUT2D eigenvalue weighted by atomic mass is 16.5. The number of rotatable bonds is 5. The number of hydrogen-bond acceptors (Lipinski definition) is 11. The predicted molar refractivity (Wildman–Crippen MR) is 182 cm³/mol. The fourth-order valence-corrected chi connectivity index (χ4v) is 6.48. The van der Waals surface area contributed by atoms with Crippen LogP contribution in [-0.2, 0) is 0 Å². The summed E-state index contributed by atoms with van der Waals surface area (Å²) in [5.74, 6) is 2.92. The molecule has 2 saturated heterocycles. The second-order valence-electron chi connectivity index (χ2n) is 12.3. The van der Waals surface area contributed by atoms with Crippen LogP contribution in [0.3, 0.4) is 0 Å². The summed E-state index contributed by atoms with van der Waals surface area (Å²) in [6, 6.07) is 14.1. The molecule has 0 radical (unpaired) electrons. The highest BCUT2D eigenvalue weighted by Crippen LogP contribution is 2.30. The number of ether oxygens (including phenoxy) is 1. The number of fused-ring (bicyclic) bond motifs is 3. The molecule has 1 aromatic carbocycles. The smallest absolute Gasteiger partial charge is 0.212 e. The standard InChI is InChI=1S/C18H15N7.C17H16N6O/c19-10-25-4-3-12(9-25)17-22-16-6-13(7-20-18(16)23-17)11-1-2-15-14(5-11)8-21-24-15;1-24-15-3-2-11(7-19-15)13-6-14-17(20-8-13)22-16(21-14)12-4-5-23(9-12)10-18/h1-2,5-8,12H,3-4,9H2,(H,21,24)(H,20,22,23);2-3,6-8,12H,4-5,9H2,1H3,(H,20,21,22). The Balaban J connectivity index is 0.000000142. The number of pyridine rings is 3. The lowest BCUT2D eigenvalue weighted by Crippen LogP contribution is -2.13. The molecule has 0 aliphatic carbocycles. The fraction of sp³-hybridized carbons (Fsp3) is 0.257. The fourth-order valence-electron chi connectivity index (χ4n) is 6.48. The summed E-state index contributed by atoms with van der Waals surface area (Å²) in [6.07, 6.45) is 13.5. The Morgan fingerprint density at radius 2 is 1.29 bits per heavy atom. The topological polar surface area (TPSA) is 188 Å². The van der Waals surface area contributed by atoms with E-state index in [0.29, 0.717) is 18.1 Å². The van der Waals surface area contributed by atoms with Crippen LogP contribution in [0.15, 0.2) is 67.3 Å². The summed E-state index contributed by atoms with van der Waals surface area (Å²) in [5, 5.41) is 26.1. The minimum absolute atomic E-state index is 0.255. The van der Waals surface area contributed by atoms with Gasteiger partial charge in [-0.15, -0.1) is 0 Å². The number of methoxy groups -OCH3 is 1. The minimum Gasteiger partial charge on any atom is -0.481 e. The first kappa shape index (κ1) is 29.8. The van der Waals surface area contributed by atoms with E-state index in [1.807, 2.05) is 36.7 Å². The molecule has 0 bridgehead atoms. The van der Waals surface area contributed by atoms with Crippen LogP contribution in [-0.4, -0.2) is 88.2 Å². The van der Waals surface area contributed by atoms with Crippen LogP contribution in [0, 0.1) is 22.9 Å². The molecule has 2 atom stereocenters. The summed E-state index contributed by atoms with van der Waals surface area (Å²) in [6.45, 7) is 3.02. The van der Waals surface area contributed by atoms with Crippen LogP contribution in [0.2, 0.25) is 0 Å². The van der Waals surface area contributed by atoms with Gasteiger partial charge in [0, 0.05) is 84.7 Å². The van der Waals surface area contributed by atoms with Gasteiger partial charge in [-0.3, -0.25) is 5.10 Å². The number of aromatic nitrogens is 9. The van der Waals surface area contributed by atoms with Crippen molar-refractivity contribution in [1.82, 2.24) is 54.9 Å². The lowest BCUT2D eigenvalue weighted by Gasteiger charge is -2.05. The third-order valence-electron chi connectivity index (χ3n) is 9.20. The van der Waals surface area contributed by atoms with Crippen molar-refractivity contribution >= 4 is 33.2 Å². The Labute approximate surface area is 280 Å². The monoisotopic (exact) mass is 649 g/mol. The zero-order chi connectivity index (χ0) is 33.3. The molecule has 3 N–H and O–H groups in total. The van der Waals surface area contributed by atoms with Crippen molar-refractivity contribution in [3.8, 4) is 40.5 Å². The van der Waals surface area contributed by atoms with Crippen molar-refractivity contribution in [2.45, 2.75) is 24.7 Å². The molecule has 14 nitrogen and oxygen atoms in total. The Morgan fingerprint density at radius 3 is 1.84 bits per heavy atom. The van der Waals surface area contributed by atoms with Gasteiger partial charge < -0.3 is 24.5 Å². The van der Waals surface area contributed by atoms with E-state index in [1.54, 1.807) is 29.3 Å². The maximum Gasteiger partial charge on any atom is 0.212 e. The van der Waals surface area contributed by atoms with E-state index >= 15 is 0 Å². The molecule has 2 aliphatic rings. The molecular weight excluding hydrogens is 618 g/mol. The third-order valence-corrected chi connectivity index (χ3v) is 9.20. The summed E-state index contributed by atoms with van der Waals surface area (Å²) < 4.78 is 5.08. The molecule has 7 aromatic rings. The van der Waals surface area contributed by atoms with Gasteiger partial charge in [0.05, 0.1) is 29.9 Å². The summed E-state index contributed by atoms with van der Waals surface area (Å²) in [7, 11) is 1.60. The maximum atomic E-state index is 9.02. The van der Waals surface area contributed by atoms with E-state index in [4.69, 9.17) is 15.3 Å². The molecule has 0 amide bonds. The van der Waals surface area contributed by atoms with Crippen LogP contribution in [0.1, 0.15) is 36.3 Å². The van der Waals surface area contributed by atoms with Crippen LogP contribution in [0.5, 0.6) is 5.88 Å². The van der Waals surface area contributed by atoms with E-state index < -0.39 is 0 Å². The van der Waals surface area contributed by atoms with Gasteiger partial charge in [-0.25, -0.2) is 24.9 Å². The molecule has 6 aromatic heterocycles. The Hall–Kier alpha value is -6.54. The molecule has 8 heterocycles. The average molecular weight is 650 g/mol. The first-order chi connectivity index (χ1) is 24.1. The first-order valence-corrected chi connectivity index (χ1v) is 16.0. The lowest BCUT2D eigenvalue weighted by molar-refractivity contribution is 0.398.